The molecule has 3 aromatic rings. The van der Waals surface area contributed by atoms with Crippen molar-refractivity contribution in [2.45, 2.75) is 24.5 Å². The number of anilines is 3. The molecule has 1 amide bonds. The number of amides is 1. The van der Waals surface area contributed by atoms with Gasteiger partial charge in [0, 0.05) is 37.4 Å². The van der Waals surface area contributed by atoms with Crippen LogP contribution in [-0.2, 0) is 19.4 Å². The van der Waals surface area contributed by atoms with Crippen LogP contribution in [0.2, 0.25) is 0 Å². The molecule has 33 heavy (non-hydrogen) atoms. The fourth-order valence-corrected chi connectivity index (χ4v) is 3.84. The number of hydrogen-bond acceptors (Lipinski definition) is 9. The van der Waals surface area contributed by atoms with Crippen LogP contribution in [-0.4, -0.2) is 54.9 Å². The first-order valence-electron chi connectivity index (χ1n) is 10.2. The molecule has 1 aliphatic rings. The number of nitrogens with one attached hydrogen (secondary N) is 2. The summed E-state index contributed by atoms with van der Waals surface area (Å²) in [6, 6.07) is 9.91. The van der Waals surface area contributed by atoms with Crippen molar-refractivity contribution in [3.05, 3.63) is 48.8 Å². The van der Waals surface area contributed by atoms with E-state index in [1.165, 1.54) is 13.0 Å². The number of sulfone groups is 1. The molecule has 4 heterocycles. The molecule has 0 radical (unpaired) electrons. The van der Waals surface area contributed by atoms with Gasteiger partial charge in [0.1, 0.15) is 23.5 Å². The van der Waals surface area contributed by atoms with Crippen molar-refractivity contribution in [3.63, 3.8) is 0 Å². The Balaban J connectivity index is 1.65. The summed E-state index contributed by atoms with van der Waals surface area (Å²) in [7, 11) is -3.47. The van der Waals surface area contributed by atoms with Crippen LogP contribution in [0.4, 0.5) is 17.3 Å². The molecule has 1 aliphatic heterocycles. The normalized spacial score (nSPS) is 15.8. The molecule has 172 valence electrons. The molecule has 0 aromatic carbocycles. The number of ether oxygens (including phenoxy) is 2. The Labute approximate surface area is 191 Å². The molecule has 3 aromatic heterocycles. The standard InChI is InChI=1S/C22H23N5O5S/c1-14(28)25-21-10-19(26-20-4-3-5-22(27-20)33(2,29)30)17(12-24-21)18-7-6-15(11-23-18)32-16-8-9-31-13-16/h3-7,10-12,16H,8-9,13H2,1-2H3,(H2,24,25,26,27,28). The van der Waals surface area contributed by atoms with Gasteiger partial charge in [0.25, 0.3) is 0 Å². The van der Waals surface area contributed by atoms with Gasteiger partial charge in [-0.3, -0.25) is 9.78 Å². The highest BCUT2D eigenvalue weighted by Gasteiger charge is 2.18. The lowest BCUT2D eigenvalue weighted by molar-refractivity contribution is -0.114. The van der Waals surface area contributed by atoms with Gasteiger partial charge in [-0.25, -0.2) is 18.4 Å². The summed E-state index contributed by atoms with van der Waals surface area (Å²) in [5, 5.41) is 5.70. The van der Waals surface area contributed by atoms with Crippen LogP contribution in [0.15, 0.2) is 53.8 Å². The average molecular weight is 470 g/mol. The topological polar surface area (TPSA) is 132 Å². The lowest BCUT2D eigenvalue weighted by atomic mass is 10.1. The minimum Gasteiger partial charge on any atom is -0.486 e. The predicted molar refractivity (Wildman–Crippen MR) is 122 cm³/mol. The number of pyridine rings is 3. The Morgan fingerprint density at radius 3 is 2.67 bits per heavy atom. The molecule has 0 aliphatic carbocycles. The SMILES string of the molecule is CC(=O)Nc1cc(Nc2cccc(S(C)(=O)=O)n2)c(-c2ccc(OC3CCOC3)cn2)cn1. The van der Waals surface area contributed by atoms with Crippen molar-refractivity contribution in [3.8, 4) is 17.0 Å². The fourth-order valence-electron chi connectivity index (χ4n) is 3.25. The highest BCUT2D eigenvalue weighted by atomic mass is 32.2. The summed E-state index contributed by atoms with van der Waals surface area (Å²) in [5.41, 5.74) is 1.78. The maximum atomic E-state index is 11.9. The van der Waals surface area contributed by atoms with E-state index in [2.05, 4.69) is 25.6 Å². The van der Waals surface area contributed by atoms with Gasteiger partial charge < -0.3 is 20.1 Å². The fraction of sp³-hybridized carbons (Fsp3) is 0.273. The van der Waals surface area contributed by atoms with E-state index in [0.29, 0.717) is 47.5 Å². The Morgan fingerprint density at radius 1 is 1.15 bits per heavy atom. The molecule has 2 N–H and O–H groups in total. The molecule has 1 atom stereocenters. The second-order valence-corrected chi connectivity index (χ2v) is 9.50. The highest BCUT2D eigenvalue weighted by Crippen LogP contribution is 2.31. The van der Waals surface area contributed by atoms with Crippen LogP contribution in [0.3, 0.4) is 0 Å². The number of carbonyl (C=O) groups is 1. The van der Waals surface area contributed by atoms with Gasteiger partial charge in [-0.1, -0.05) is 6.07 Å². The van der Waals surface area contributed by atoms with Crippen molar-refractivity contribution >= 4 is 33.1 Å². The zero-order chi connectivity index (χ0) is 23.4. The lowest BCUT2D eigenvalue weighted by Crippen LogP contribution is -2.15. The molecule has 1 saturated heterocycles. The molecular formula is C22H23N5O5S. The number of rotatable bonds is 7. The van der Waals surface area contributed by atoms with E-state index >= 15 is 0 Å². The van der Waals surface area contributed by atoms with Crippen LogP contribution in [0, 0.1) is 0 Å². The first-order chi connectivity index (χ1) is 15.8. The number of hydrogen-bond donors (Lipinski definition) is 2. The maximum absolute atomic E-state index is 11.9. The molecular weight excluding hydrogens is 446 g/mol. The maximum Gasteiger partial charge on any atom is 0.222 e. The summed E-state index contributed by atoms with van der Waals surface area (Å²) in [5.74, 6) is 1.01. The van der Waals surface area contributed by atoms with Crippen molar-refractivity contribution < 1.29 is 22.7 Å². The van der Waals surface area contributed by atoms with Gasteiger partial charge in [0.15, 0.2) is 14.9 Å². The summed E-state index contributed by atoms with van der Waals surface area (Å²) >= 11 is 0. The van der Waals surface area contributed by atoms with Crippen molar-refractivity contribution in [1.82, 2.24) is 15.0 Å². The van der Waals surface area contributed by atoms with E-state index in [1.807, 2.05) is 6.07 Å². The molecule has 11 heteroatoms. The minimum atomic E-state index is -3.47. The third-order valence-corrected chi connectivity index (χ3v) is 5.76. The Morgan fingerprint density at radius 2 is 2.00 bits per heavy atom. The van der Waals surface area contributed by atoms with Crippen molar-refractivity contribution in [2.75, 3.05) is 30.1 Å². The molecule has 0 saturated carbocycles. The van der Waals surface area contributed by atoms with Crippen LogP contribution in [0.1, 0.15) is 13.3 Å². The first kappa shape index (κ1) is 22.6. The van der Waals surface area contributed by atoms with Gasteiger partial charge in [-0.2, -0.15) is 0 Å². The Hall–Kier alpha value is -3.57. The number of nitrogens with zero attached hydrogens (tertiary/aromatic N) is 3. The van der Waals surface area contributed by atoms with Gasteiger partial charge in [0.2, 0.25) is 5.91 Å². The summed E-state index contributed by atoms with van der Waals surface area (Å²) in [4.78, 5) is 24.4. The number of carbonyl (C=O) groups excluding carboxylic acids is 1. The second kappa shape index (κ2) is 9.51. The van der Waals surface area contributed by atoms with Gasteiger partial charge in [-0.05, 0) is 24.3 Å². The Kier molecular flexibility index (Phi) is 6.52. The first-order valence-corrected chi connectivity index (χ1v) is 12.1. The van der Waals surface area contributed by atoms with Crippen LogP contribution in [0.5, 0.6) is 5.75 Å². The third-order valence-electron chi connectivity index (χ3n) is 4.78. The quantitative estimate of drug-likeness (QED) is 0.536. The van der Waals surface area contributed by atoms with Crippen LogP contribution in [0.25, 0.3) is 11.3 Å². The van der Waals surface area contributed by atoms with E-state index in [-0.39, 0.29) is 17.0 Å². The zero-order valence-electron chi connectivity index (χ0n) is 18.1. The van der Waals surface area contributed by atoms with E-state index in [9.17, 15) is 13.2 Å². The molecule has 0 spiro atoms. The second-order valence-electron chi connectivity index (χ2n) is 7.54. The highest BCUT2D eigenvalue weighted by molar-refractivity contribution is 7.90. The van der Waals surface area contributed by atoms with E-state index in [0.717, 1.165) is 12.7 Å². The van der Waals surface area contributed by atoms with Gasteiger partial charge >= 0.3 is 0 Å². The van der Waals surface area contributed by atoms with Gasteiger partial charge in [-0.15, -0.1) is 0 Å². The van der Waals surface area contributed by atoms with Crippen LogP contribution >= 0.6 is 0 Å². The smallest absolute Gasteiger partial charge is 0.222 e. The summed E-state index contributed by atoms with van der Waals surface area (Å²) in [6.07, 6.45) is 5.14. The lowest BCUT2D eigenvalue weighted by Gasteiger charge is -2.15. The Bertz CT molecular complexity index is 1260. The van der Waals surface area contributed by atoms with Gasteiger partial charge in [0.05, 0.1) is 30.8 Å². The third kappa shape index (κ3) is 5.82. The molecule has 4 rings (SSSR count). The number of aromatic nitrogens is 3. The minimum absolute atomic E-state index is 0.0154. The molecule has 1 unspecified atom stereocenters. The van der Waals surface area contributed by atoms with Crippen molar-refractivity contribution in [2.24, 2.45) is 0 Å². The van der Waals surface area contributed by atoms with E-state index in [4.69, 9.17) is 9.47 Å². The van der Waals surface area contributed by atoms with E-state index < -0.39 is 9.84 Å². The van der Waals surface area contributed by atoms with Crippen molar-refractivity contribution in [1.29, 1.82) is 0 Å². The van der Waals surface area contributed by atoms with Crippen LogP contribution < -0.4 is 15.4 Å². The summed E-state index contributed by atoms with van der Waals surface area (Å²) < 4.78 is 35.0. The molecule has 10 nitrogen and oxygen atoms in total. The molecule has 0 bridgehead atoms. The average Bonchev–Trinajstić information content (AvgIpc) is 3.27. The molecule has 1 fully saturated rings. The summed E-state index contributed by atoms with van der Waals surface area (Å²) in [6.45, 7) is 2.63. The predicted octanol–water partition coefficient (Wildman–Crippen LogP) is 2.81. The zero-order valence-corrected chi connectivity index (χ0v) is 18.9. The monoisotopic (exact) mass is 469 g/mol. The van der Waals surface area contributed by atoms with E-state index in [1.54, 1.807) is 36.7 Å². The largest absolute Gasteiger partial charge is 0.486 e.